The molecule has 0 saturated heterocycles. The number of aldehydes is 1. The van der Waals surface area contributed by atoms with E-state index in [0.29, 0.717) is 0 Å². The Bertz CT molecular complexity index is 439. The summed E-state index contributed by atoms with van der Waals surface area (Å²) in [6.07, 6.45) is 1.06. The maximum absolute atomic E-state index is 11.1. The summed E-state index contributed by atoms with van der Waals surface area (Å²) in [7, 11) is -2.27. The molecule has 1 heterocycles. The first-order valence-corrected chi connectivity index (χ1v) is 20.7. The Morgan fingerprint density at radius 3 is 2.43 bits per heavy atom. The molecule has 1 nitrogen and oxygen atoms in total. The van der Waals surface area contributed by atoms with Crippen molar-refractivity contribution < 1.29 is 4.79 Å². The van der Waals surface area contributed by atoms with Gasteiger partial charge in [-0.3, -0.25) is 0 Å². The number of fused-ring (bicyclic) bond motifs is 1. The third kappa shape index (κ3) is 1.81. The average Bonchev–Trinajstić information content (AvgIpc) is 2.36. The molecule has 0 spiro atoms. The fourth-order valence-electron chi connectivity index (χ4n) is 1.35. The van der Waals surface area contributed by atoms with Crippen LogP contribution in [0.5, 0.6) is 0 Å². The van der Waals surface area contributed by atoms with Crippen LogP contribution >= 0.6 is 60.0 Å². The Morgan fingerprint density at radius 1 is 1.21 bits per heavy atom. The molecule has 0 atom stereocenters. The van der Waals surface area contributed by atoms with Crippen LogP contribution in [0.4, 0.5) is 0 Å². The van der Waals surface area contributed by atoms with E-state index < -0.39 is 10.3 Å². The van der Waals surface area contributed by atoms with Crippen molar-refractivity contribution in [3.63, 3.8) is 0 Å². The van der Waals surface area contributed by atoms with E-state index in [9.17, 15) is 4.79 Å². The third-order valence-electron chi connectivity index (χ3n) is 2.00. The second-order valence-corrected chi connectivity index (χ2v) is 38.1. The van der Waals surface area contributed by atoms with Crippen LogP contribution in [0.1, 0.15) is 5.56 Å². The molecular formula is C9H5I3OTe. The summed E-state index contributed by atoms with van der Waals surface area (Å²) in [5.41, 5.74) is 1.28. The number of halogens is 3. The van der Waals surface area contributed by atoms with Crippen LogP contribution in [0.25, 0.3) is 3.58 Å². The number of carbonyl (C=O) groups is 1. The van der Waals surface area contributed by atoms with Gasteiger partial charge in [-0.25, -0.2) is 0 Å². The first-order chi connectivity index (χ1) is 6.59. The molecule has 0 bridgehead atoms. The first-order valence-electron chi connectivity index (χ1n) is 3.76. The molecular weight excluding hydrogens is 632 g/mol. The second kappa shape index (κ2) is 4.47. The van der Waals surface area contributed by atoms with Crippen LogP contribution in [0.2, 0.25) is 0 Å². The molecule has 0 saturated carbocycles. The van der Waals surface area contributed by atoms with Crippen LogP contribution in [-0.4, -0.2) is 16.6 Å². The minimum atomic E-state index is -2.27. The van der Waals surface area contributed by atoms with Gasteiger partial charge in [0.25, 0.3) is 0 Å². The summed E-state index contributed by atoms with van der Waals surface area (Å²) in [5.74, 6) is 0. The van der Waals surface area contributed by atoms with Gasteiger partial charge in [0, 0.05) is 0 Å². The quantitative estimate of drug-likeness (QED) is 0.263. The zero-order valence-electron chi connectivity index (χ0n) is 6.84. The van der Waals surface area contributed by atoms with Crippen molar-refractivity contribution in [3.8, 4) is 0 Å². The molecule has 5 heteroatoms. The summed E-state index contributed by atoms with van der Waals surface area (Å²) in [4.78, 5) is 11.1. The zero-order chi connectivity index (χ0) is 10.3. The van der Waals surface area contributed by atoms with Gasteiger partial charge in [0.15, 0.2) is 0 Å². The van der Waals surface area contributed by atoms with Crippen molar-refractivity contribution >= 4 is 83.7 Å². The predicted molar refractivity (Wildman–Crippen MR) is 86.9 cm³/mol. The number of hydrogen-bond donors (Lipinski definition) is 0. The van der Waals surface area contributed by atoms with Gasteiger partial charge in [-0.2, -0.15) is 0 Å². The zero-order valence-corrected chi connectivity index (χ0v) is 15.6. The topological polar surface area (TPSA) is 17.1 Å². The van der Waals surface area contributed by atoms with E-state index in [1.165, 1.54) is 12.8 Å². The van der Waals surface area contributed by atoms with E-state index in [0.717, 1.165) is 9.91 Å². The molecule has 0 unspecified atom stereocenters. The van der Waals surface area contributed by atoms with Gasteiger partial charge in [0.2, 0.25) is 0 Å². The first kappa shape index (κ1) is 12.1. The number of hydrogen-bond acceptors (Lipinski definition) is 1. The van der Waals surface area contributed by atoms with Crippen LogP contribution in [0, 0.1) is 0 Å². The monoisotopic (exact) mass is 640 g/mol. The number of rotatable bonds is 1. The molecule has 0 amide bonds. The minimum absolute atomic E-state index is 1.06. The standard InChI is InChI=1S/C9H5I3OTe/c10-9-6-3-1-2-4-7(6)14(11,12)8(9)5-13/h1-5H. The van der Waals surface area contributed by atoms with Gasteiger partial charge in [0.1, 0.15) is 0 Å². The van der Waals surface area contributed by atoms with Crippen molar-refractivity contribution in [2.75, 3.05) is 0 Å². The van der Waals surface area contributed by atoms with Crippen molar-refractivity contribution in [2.24, 2.45) is 0 Å². The van der Waals surface area contributed by atoms with Crippen molar-refractivity contribution in [3.05, 3.63) is 33.4 Å². The summed E-state index contributed by atoms with van der Waals surface area (Å²) < 4.78 is 3.65. The number of carbonyl (C=O) groups excluding carboxylic acids is 1. The SMILES string of the molecule is O=CC1=C(I)c2ccccc2[Te]1(I)I. The Labute approximate surface area is 120 Å². The Kier molecular flexibility index (Phi) is 3.85. The molecule has 0 aromatic heterocycles. The molecule has 1 aliphatic heterocycles. The molecule has 1 aliphatic rings. The van der Waals surface area contributed by atoms with Crippen LogP contribution < -0.4 is 3.61 Å². The van der Waals surface area contributed by atoms with Crippen molar-refractivity contribution in [2.45, 2.75) is 0 Å². The fraction of sp³-hybridized carbons (Fsp3) is 0. The number of allylic oxidation sites excluding steroid dienone is 1. The Hall–Kier alpha value is 1.61. The van der Waals surface area contributed by atoms with E-state index in [4.69, 9.17) is 0 Å². The molecule has 0 N–H and O–H groups in total. The van der Waals surface area contributed by atoms with Crippen LogP contribution in [0.15, 0.2) is 27.9 Å². The van der Waals surface area contributed by atoms with E-state index in [1.807, 2.05) is 6.07 Å². The Balaban J connectivity index is 2.74. The normalized spacial score (nSPS) is 20.5. The Morgan fingerprint density at radius 2 is 1.86 bits per heavy atom. The molecule has 1 aromatic carbocycles. The summed E-state index contributed by atoms with van der Waals surface area (Å²) in [6.45, 7) is 0. The van der Waals surface area contributed by atoms with E-state index in [2.05, 4.69) is 78.2 Å². The fourth-order valence-corrected chi connectivity index (χ4v) is 23.8. The summed E-state index contributed by atoms with van der Waals surface area (Å²) in [5, 5.41) is 0. The van der Waals surface area contributed by atoms with Gasteiger partial charge < -0.3 is 0 Å². The molecule has 2 rings (SSSR count). The third-order valence-corrected chi connectivity index (χ3v) is 22.1. The van der Waals surface area contributed by atoms with Crippen LogP contribution in [-0.2, 0) is 4.79 Å². The summed E-state index contributed by atoms with van der Waals surface area (Å²) >= 11 is 7.33. The second-order valence-electron chi connectivity index (χ2n) is 2.76. The molecule has 1 aromatic rings. The average molecular weight is 637 g/mol. The molecule has 0 aliphatic carbocycles. The maximum atomic E-state index is 11.1. The summed E-state index contributed by atoms with van der Waals surface area (Å²) in [6, 6.07) is 8.39. The molecule has 0 radical (unpaired) electrons. The van der Waals surface area contributed by atoms with Crippen molar-refractivity contribution in [1.29, 1.82) is 0 Å². The van der Waals surface area contributed by atoms with Gasteiger partial charge in [-0.05, 0) is 0 Å². The molecule has 14 heavy (non-hydrogen) atoms. The van der Waals surface area contributed by atoms with Gasteiger partial charge in [-0.15, -0.1) is 0 Å². The van der Waals surface area contributed by atoms with Crippen LogP contribution in [0.3, 0.4) is 0 Å². The van der Waals surface area contributed by atoms with Gasteiger partial charge in [-0.1, -0.05) is 0 Å². The van der Waals surface area contributed by atoms with Gasteiger partial charge >= 0.3 is 122 Å². The predicted octanol–water partition coefficient (Wildman–Crippen LogP) is 3.10. The molecule has 0 fully saturated rings. The van der Waals surface area contributed by atoms with Crippen molar-refractivity contribution in [1.82, 2.24) is 0 Å². The molecule has 74 valence electrons. The number of benzene rings is 1. The van der Waals surface area contributed by atoms with E-state index >= 15 is 0 Å². The van der Waals surface area contributed by atoms with Gasteiger partial charge in [0.05, 0.1) is 0 Å². The van der Waals surface area contributed by atoms with E-state index in [-0.39, 0.29) is 0 Å². The van der Waals surface area contributed by atoms with E-state index in [1.54, 1.807) is 0 Å².